The Kier molecular flexibility index (Phi) is 7.65. The Labute approximate surface area is 207 Å². The molecule has 2 aromatic carbocycles. The summed E-state index contributed by atoms with van der Waals surface area (Å²) in [5, 5.41) is 0. The second-order valence-corrected chi connectivity index (χ2v) is 17.5. The maximum Gasteiger partial charge on any atom is 0.266 e. The van der Waals surface area contributed by atoms with Crippen molar-refractivity contribution in [1.29, 1.82) is 0 Å². The topological polar surface area (TPSA) is 46.6 Å². The van der Waals surface area contributed by atoms with Crippen LogP contribution in [0, 0.1) is 6.92 Å². The van der Waals surface area contributed by atoms with Gasteiger partial charge in [0.25, 0.3) is 10.0 Å². The Hall–Kier alpha value is -2.15. The molecular weight excluding hydrogens is 458 g/mol. The van der Waals surface area contributed by atoms with E-state index in [4.69, 9.17) is 4.43 Å². The molecule has 4 nitrogen and oxygen atoms in total. The van der Waals surface area contributed by atoms with Crippen molar-refractivity contribution >= 4 is 23.9 Å². The van der Waals surface area contributed by atoms with E-state index in [1.54, 1.807) is 24.4 Å². The molecule has 34 heavy (non-hydrogen) atoms. The summed E-state index contributed by atoms with van der Waals surface area (Å²) in [6.07, 6.45) is 3.89. The first-order valence-corrected chi connectivity index (χ1v) is 15.7. The highest BCUT2D eigenvalue weighted by Crippen LogP contribution is 2.50. The van der Waals surface area contributed by atoms with Gasteiger partial charge in [0.05, 0.1) is 4.90 Å². The molecule has 0 N–H and O–H groups in total. The van der Waals surface area contributed by atoms with Gasteiger partial charge in [0, 0.05) is 12.6 Å². The maximum atomic E-state index is 14.1. The Bertz CT molecular complexity index is 1120. The number of sulfonamides is 1. The van der Waals surface area contributed by atoms with Crippen LogP contribution in [0.2, 0.25) is 16.6 Å². The minimum Gasteiger partial charge on any atom is -0.390 e. The van der Waals surface area contributed by atoms with Gasteiger partial charge in [-0.3, -0.25) is 0 Å². The van der Waals surface area contributed by atoms with E-state index in [1.165, 1.54) is 4.31 Å². The largest absolute Gasteiger partial charge is 0.390 e. The zero-order chi connectivity index (χ0) is 25.3. The van der Waals surface area contributed by atoms with E-state index in [0.29, 0.717) is 23.0 Å². The lowest BCUT2D eigenvalue weighted by Crippen LogP contribution is -2.58. The number of aryl methyl sites for hydroxylation is 1. The van der Waals surface area contributed by atoms with Crippen LogP contribution in [0.15, 0.2) is 78.3 Å². The van der Waals surface area contributed by atoms with Crippen molar-refractivity contribution in [3.8, 4) is 0 Å². The molecule has 1 aliphatic heterocycles. The average molecular weight is 498 g/mol. The van der Waals surface area contributed by atoms with Gasteiger partial charge >= 0.3 is 0 Å². The van der Waals surface area contributed by atoms with Crippen molar-refractivity contribution in [2.24, 2.45) is 0 Å². The van der Waals surface area contributed by atoms with Crippen LogP contribution < -0.4 is 0 Å². The number of hydrogen-bond acceptors (Lipinski definition) is 3. The molecule has 184 valence electrons. The summed E-state index contributed by atoms with van der Waals surface area (Å²) in [7, 11) is -6.34. The van der Waals surface area contributed by atoms with Crippen LogP contribution in [0.5, 0.6) is 0 Å². The third kappa shape index (κ3) is 4.55. The average Bonchev–Trinajstić information content (AvgIpc) is 3.18. The van der Waals surface area contributed by atoms with Crippen molar-refractivity contribution in [1.82, 2.24) is 4.31 Å². The van der Waals surface area contributed by atoms with Crippen LogP contribution in [-0.4, -0.2) is 26.8 Å². The van der Waals surface area contributed by atoms with E-state index >= 15 is 0 Å². The Balaban J connectivity index is 2.23. The summed E-state index contributed by atoms with van der Waals surface area (Å²) in [4.78, 5) is 0.254. The quantitative estimate of drug-likeness (QED) is 0.266. The van der Waals surface area contributed by atoms with Gasteiger partial charge in [0.2, 0.25) is 8.32 Å². The Morgan fingerprint density at radius 3 is 1.94 bits per heavy atom. The lowest BCUT2D eigenvalue weighted by molar-refractivity contribution is 0.0316. The van der Waals surface area contributed by atoms with Crippen molar-refractivity contribution in [3.63, 3.8) is 0 Å². The van der Waals surface area contributed by atoms with Crippen LogP contribution in [0.25, 0.3) is 5.57 Å². The molecule has 0 aromatic heterocycles. The predicted octanol–water partition coefficient (Wildman–Crippen LogP) is 7.50. The van der Waals surface area contributed by atoms with Crippen LogP contribution >= 0.6 is 0 Å². The molecule has 0 fully saturated rings. The molecule has 2 aromatic rings. The smallest absolute Gasteiger partial charge is 0.266 e. The highest BCUT2D eigenvalue weighted by atomic mass is 32.2. The molecule has 0 amide bonds. The van der Waals surface area contributed by atoms with Crippen molar-refractivity contribution in [3.05, 3.63) is 84.6 Å². The molecular formula is C28H39NO3SSi. The van der Waals surface area contributed by atoms with E-state index in [9.17, 15) is 8.42 Å². The molecule has 1 unspecified atom stereocenters. The molecule has 0 radical (unpaired) electrons. The standard InChI is InChI=1S/C28H39NO3SSi/c1-9-28(32-34(21(2)3,22(4)5)23(6)7)19-26(25-13-11-10-12-14-25)20-29(28)33(30,31)27-17-15-24(8)16-18-27/h9-18,20-23H,1,19H2,2-8H3. The summed E-state index contributed by atoms with van der Waals surface area (Å²) >= 11 is 0. The number of hydrogen-bond donors (Lipinski definition) is 0. The van der Waals surface area contributed by atoms with Crippen molar-refractivity contribution in [2.45, 2.75) is 82.1 Å². The first-order chi connectivity index (χ1) is 15.9. The molecule has 1 atom stereocenters. The van der Waals surface area contributed by atoms with E-state index in [2.05, 4.69) is 48.1 Å². The summed E-state index contributed by atoms with van der Waals surface area (Å²) in [6.45, 7) is 19.3. The van der Waals surface area contributed by atoms with Crippen LogP contribution in [0.1, 0.15) is 59.1 Å². The minimum absolute atomic E-state index is 0.254. The minimum atomic E-state index is -3.88. The summed E-state index contributed by atoms with van der Waals surface area (Å²) in [6, 6.07) is 16.9. The third-order valence-electron chi connectivity index (χ3n) is 7.19. The normalized spacial score (nSPS) is 19.2. The third-order valence-corrected chi connectivity index (χ3v) is 15.1. The van der Waals surface area contributed by atoms with Gasteiger partial charge in [-0.2, -0.15) is 0 Å². The van der Waals surface area contributed by atoms with Crippen molar-refractivity contribution < 1.29 is 12.8 Å². The highest BCUT2D eigenvalue weighted by molar-refractivity contribution is 7.89. The first kappa shape index (κ1) is 26.5. The van der Waals surface area contributed by atoms with Gasteiger partial charge in [-0.1, -0.05) is 96.1 Å². The molecule has 1 aliphatic rings. The summed E-state index contributed by atoms with van der Waals surface area (Å²) < 4.78 is 36.8. The fraction of sp³-hybridized carbons (Fsp3) is 0.429. The van der Waals surface area contributed by atoms with E-state index in [1.807, 2.05) is 49.4 Å². The van der Waals surface area contributed by atoms with E-state index in [-0.39, 0.29) is 4.90 Å². The van der Waals surface area contributed by atoms with Gasteiger partial charge in [-0.25, -0.2) is 12.7 Å². The highest BCUT2D eigenvalue weighted by Gasteiger charge is 2.55. The molecule has 6 heteroatoms. The lowest BCUT2D eigenvalue weighted by atomic mass is 10.0. The fourth-order valence-electron chi connectivity index (χ4n) is 5.52. The van der Waals surface area contributed by atoms with Gasteiger partial charge in [-0.15, -0.1) is 0 Å². The number of rotatable bonds is 9. The van der Waals surface area contributed by atoms with Gasteiger partial charge in [0.1, 0.15) is 0 Å². The summed E-state index contributed by atoms with van der Waals surface area (Å²) in [5.74, 6) is 0. The molecule has 3 rings (SSSR count). The zero-order valence-electron chi connectivity index (χ0n) is 21.6. The SMILES string of the molecule is C=CC1(O[Si](C(C)C)(C(C)C)C(C)C)CC(c2ccccc2)=CN1S(=O)(=O)c1ccc(C)cc1. The Morgan fingerprint density at radius 2 is 1.47 bits per heavy atom. The molecule has 0 aliphatic carbocycles. The monoisotopic (exact) mass is 497 g/mol. The van der Waals surface area contributed by atoms with Crippen molar-refractivity contribution in [2.75, 3.05) is 0 Å². The van der Waals surface area contributed by atoms with Crippen LogP contribution in [0.3, 0.4) is 0 Å². The number of nitrogens with zero attached hydrogens (tertiary/aromatic N) is 1. The fourth-order valence-corrected chi connectivity index (χ4v) is 12.7. The number of benzene rings is 2. The maximum absolute atomic E-state index is 14.1. The van der Waals surface area contributed by atoms with E-state index < -0.39 is 24.1 Å². The van der Waals surface area contributed by atoms with Gasteiger partial charge < -0.3 is 4.43 Å². The van der Waals surface area contributed by atoms with Crippen LogP contribution in [0.4, 0.5) is 0 Å². The first-order valence-electron chi connectivity index (χ1n) is 12.1. The molecule has 1 heterocycles. The summed E-state index contributed by atoms with van der Waals surface area (Å²) in [5.41, 5.74) is 2.65. The molecule has 0 saturated heterocycles. The van der Waals surface area contributed by atoms with Crippen LogP contribution in [-0.2, 0) is 14.4 Å². The van der Waals surface area contributed by atoms with Gasteiger partial charge in [-0.05, 0) is 52.9 Å². The van der Waals surface area contributed by atoms with E-state index in [0.717, 1.165) is 16.7 Å². The second-order valence-electron chi connectivity index (χ2n) is 10.3. The second kappa shape index (κ2) is 9.84. The molecule has 0 spiro atoms. The Morgan fingerprint density at radius 1 is 0.941 bits per heavy atom. The zero-order valence-corrected chi connectivity index (χ0v) is 23.4. The lowest BCUT2D eigenvalue weighted by Gasteiger charge is -2.49. The van der Waals surface area contributed by atoms with Gasteiger partial charge in [0.15, 0.2) is 5.72 Å². The molecule has 0 saturated carbocycles. The molecule has 0 bridgehead atoms. The predicted molar refractivity (Wildman–Crippen MR) is 144 cm³/mol.